The van der Waals surface area contributed by atoms with Gasteiger partial charge in [0.15, 0.2) is 0 Å². The molecule has 0 saturated carbocycles. The Balaban J connectivity index is 3.97. The molecule has 0 atom stereocenters. The van der Waals surface area contributed by atoms with Crippen LogP contribution in [-0.2, 0) is 0 Å². The molecule has 0 unspecified atom stereocenters. The van der Waals surface area contributed by atoms with Crippen LogP contribution in [0.3, 0.4) is 0 Å². The number of nitrogens with zero attached hydrogens (tertiary/aromatic N) is 1. The number of rotatable bonds is 7. The molecule has 0 amide bonds. The Morgan fingerprint density at radius 2 is 2.00 bits per heavy atom. The molecule has 0 N–H and O–H groups in total. The predicted molar refractivity (Wildman–Crippen MR) is 60.7 cm³/mol. The summed E-state index contributed by atoms with van der Waals surface area (Å²) >= 11 is 0. The van der Waals surface area contributed by atoms with E-state index >= 15 is 0 Å². The topological polar surface area (TPSA) is 3.24 Å². The van der Waals surface area contributed by atoms with E-state index in [1.807, 2.05) is 6.08 Å². The molecule has 0 spiro atoms. The number of unbranched alkanes of at least 4 members (excludes halogenated alkanes) is 1. The van der Waals surface area contributed by atoms with Gasteiger partial charge in [0, 0.05) is 19.3 Å². The zero-order valence-electron chi connectivity index (χ0n) is 9.34. The molecule has 0 aliphatic heterocycles. The van der Waals surface area contributed by atoms with Crippen molar-refractivity contribution in [3.8, 4) is 0 Å². The third-order valence-electron chi connectivity index (χ3n) is 2.16. The van der Waals surface area contributed by atoms with E-state index in [0.29, 0.717) is 0 Å². The molecule has 0 fully saturated rings. The zero-order chi connectivity index (χ0) is 10.1. The molecule has 1 heteroatoms. The molecule has 0 aliphatic carbocycles. The quantitative estimate of drug-likeness (QED) is 0.428. The Morgan fingerprint density at radius 1 is 1.31 bits per heavy atom. The largest absolute Gasteiger partial charge is 0.378 e. The average molecular weight is 181 g/mol. The second-order valence-corrected chi connectivity index (χ2v) is 3.34. The minimum Gasteiger partial charge on any atom is -0.378 e. The first-order valence-electron chi connectivity index (χ1n) is 5.27. The fourth-order valence-corrected chi connectivity index (χ4v) is 1.42. The van der Waals surface area contributed by atoms with E-state index in [-0.39, 0.29) is 0 Å². The van der Waals surface area contributed by atoms with Crippen LogP contribution in [-0.4, -0.2) is 18.5 Å². The molecule has 0 aromatic heterocycles. The van der Waals surface area contributed by atoms with Crippen LogP contribution < -0.4 is 0 Å². The zero-order valence-corrected chi connectivity index (χ0v) is 9.34. The van der Waals surface area contributed by atoms with Crippen molar-refractivity contribution in [2.24, 2.45) is 0 Å². The average Bonchev–Trinajstić information content (AvgIpc) is 2.13. The van der Waals surface area contributed by atoms with Gasteiger partial charge in [-0.3, -0.25) is 0 Å². The van der Waals surface area contributed by atoms with E-state index in [1.54, 1.807) is 0 Å². The fourth-order valence-electron chi connectivity index (χ4n) is 1.42. The lowest BCUT2D eigenvalue weighted by atomic mass is 10.2. The van der Waals surface area contributed by atoms with E-state index in [0.717, 1.165) is 25.8 Å². The number of hydrogen-bond acceptors (Lipinski definition) is 1. The van der Waals surface area contributed by atoms with Gasteiger partial charge >= 0.3 is 0 Å². The maximum Gasteiger partial charge on any atom is 0.0169 e. The van der Waals surface area contributed by atoms with Crippen molar-refractivity contribution in [3.63, 3.8) is 0 Å². The van der Waals surface area contributed by atoms with Gasteiger partial charge in [-0.05, 0) is 25.7 Å². The minimum atomic E-state index is 1.09. The van der Waals surface area contributed by atoms with Crippen LogP contribution in [0, 0.1) is 0 Å². The molecule has 0 saturated heterocycles. The second-order valence-electron chi connectivity index (χ2n) is 3.34. The maximum absolute atomic E-state index is 3.72. The summed E-state index contributed by atoms with van der Waals surface area (Å²) in [7, 11) is 2.17. The first kappa shape index (κ1) is 12.3. The molecule has 0 aliphatic rings. The number of allylic oxidation sites excluding steroid dienone is 3. The van der Waals surface area contributed by atoms with Gasteiger partial charge in [-0.1, -0.05) is 26.0 Å². The fraction of sp³-hybridized carbons (Fsp3) is 0.667. The second kappa shape index (κ2) is 7.90. The molecule has 0 heterocycles. The van der Waals surface area contributed by atoms with E-state index in [4.69, 9.17) is 0 Å². The molecule has 13 heavy (non-hydrogen) atoms. The normalized spacial score (nSPS) is 11.5. The smallest absolute Gasteiger partial charge is 0.0169 e. The van der Waals surface area contributed by atoms with Gasteiger partial charge in [-0.15, -0.1) is 6.58 Å². The van der Waals surface area contributed by atoms with Crippen LogP contribution >= 0.6 is 0 Å². The Kier molecular flexibility index (Phi) is 7.47. The summed E-state index contributed by atoms with van der Waals surface area (Å²) in [6.45, 7) is 9.31. The predicted octanol–water partition coefficient (Wildman–Crippen LogP) is 3.59. The molecule has 0 aromatic rings. The van der Waals surface area contributed by atoms with Crippen molar-refractivity contribution < 1.29 is 0 Å². The van der Waals surface area contributed by atoms with Crippen molar-refractivity contribution in [2.75, 3.05) is 13.6 Å². The van der Waals surface area contributed by atoms with Gasteiger partial charge in [0.2, 0.25) is 0 Å². The van der Waals surface area contributed by atoms with Crippen LogP contribution in [0.25, 0.3) is 0 Å². The lowest BCUT2D eigenvalue weighted by Crippen LogP contribution is -2.18. The van der Waals surface area contributed by atoms with Crippen molar-refractivity contribution in [2.45, 2.75) is 39.5 Å². The lowest BCUT2D eigenvalue weighted by molar-refractivity contribution is 0.403. The van der Waals surface area contributed by atoms with Crippen LogP contribution in [0.1, 0.15) is 39.5 Å². The van der Waals surface area contributed by atoms with Gasteiger partial charge in [0.05, 0.1) is 0 Å². The van der Waals surface area contributed by atoms with Crippen molar-refractivity contribution in [1.82, 2.24) is 4.90 Å². The molecule has 1 nitrogen and oxygen atoms in total. The van der Waals surface area contributed by atoms with E-state index in [9.17, 15) is 0 Å². The summed E-state index contributed by atoms with van der Waals surface area (Å²) in [5.74, 6) is 0. The third-order valence-corrected chi connectivity index (χ3v) is 2.16. The van der Waals surface area contributed by atoms with Crippen molar-refractivity contribution in [3.05, 3.63) is 24.4 Å². The van der Waals surface area contributed by atoms with E-state index in [1.165, 1.54) is 12.1 Å². The summed E-state index contributed by atoms with van der Waals surface area (Å²) in [4.78, 5) is 2.35. The van der Waals surface area contributed by atoms with Crippen LogP contribution in [0.5, 0.6) is 0 Å². The highest BCUT2D eigenvalue weighted by molar-refractivity contribution is 5.00. The maximum atomic E-state index is 3.72. The van der Waals surface area contributed by atoms with Gasteiger partial charge in [0.25, 0.3) is 0 Å². The van der Waals surface area contributed by atoms with Crippen molar-refractivity contribution in [1.29, 1.82) is 0 Å². The minimum absolute atomic E-state index is 1.09. The third kappa shape index (κ3) is 5.51. The van der Waals surface area contributed by atoms with Gasteiger partial charge in [-0.2, -0.15) is 0 Å². The molecule has 0 radical (unpaired) electrons. The van der Waals surface area contributed by atoms with Crippen LogP contribution in [0.15, 0.2) is 24.4 Å². The Labute approximate surface area is 83.1 Å². The first-order chi connectivity index (χ1) is 6.26. The standard InChI is InChI=1S/C12H23N/c1-5-8-9-10-12(7-3)13(4)11-6-2/h5,10H,1,6-9,11H2,2-4H3/b12-10-. The van der Waals surface area contributed by atoms with Crippen molar-refractivity contribution >= 4 is 0 Å². The summed E-state index contributed by atoms with van der Waals surface area (Å²) in [5, 5.41) is 0. The van der Waals surface area contributed by atoms with Gasteiger partial charge < -0.3 is 4.90 Å². The van der Waals surface area contributed by atoms with Gasteiger partial charge in [-0.25, -0.2) is 0 Å². The highest BCUT2D eigenvalue weighted by Crippen LogP contribution is 2.09. The van der Waals surface area contributed by atoms with Crippen LogP contribution in [0.4, 0.5) is 0 Å². The molecule has 0 aromatic carbocycles. The molecule has 76 valence electrons. The molecular formula is C12H23N. The Bertz CT molecular complexity index is 159. The summed E-state index contributed by atoms with van der Waals surface area (Å²) in [6, 6.07) is 0. The lowest BCUT2D eigenvalue weighted by Gasteiger charge is -2.21. The SMILES string of the molecule is C=CCC/C=C(/CC)N(C)CCC. The summed E-state index contributed by atoms with van der Waals surface area (Å²) in [5.41, 5.74) is 1.46. The highest BCUT2D eigenvalue weighted by Gasteiger charge is 1.99. The van der Waals surface area contributed by atoms with Crippen LogP contribution in [0.2, 0.25) is 0 Å². The molecule has 0 bridgehead atoms. The molecular weight excluding hydrogens is 158 g/mol. The summed E-state index contributed by atoms with van der Waals surface area (Å²) < 4.78 is 0. The monoisotopic (exact) mass is 181 g/mol. The first-order valence-corrected chi connectivity index (χ1v) is 5.27. The highest BCUT2D eigenvalue weighted by atomic mass is 15.1. The molecule has 0 rings (SSSR count). The van der Waals surface area contributed by atoms with Gasteiger partial charge in [0.1, 0.15) is 0 Å². The number of hydrogen-bond donors (Lipinski definition) is 0. The Hall–Kier alpha value is -0.720. The summed E-state index contributed by atoms with van der Waals surface area (Å²) in [6.07, 6.45) is 8.87. The van der Waals surface area contributed by atoms with E-state index in [2.05, 4.69) is 38.5 Å². The van der Waals surface area contributed by atoms with E-state index < -0.39 is 0 Å². The Morgan fingerprint density at radius 3 is 2.46 bits per heavy atom.